The highest BCUT2D eigenvalue weighted by molar-refractivity contribution is 9.10. The third-order valence-electron chi connectivity index (χ3n) is 4.24. The molecule has 2 rings (SSSR count). The molecule has 1 aromatic rings. The monoisotopic (exact) mass is 356 g/mol. The lowest BCUT2D eigenvalue weighted by atomic mass is 9.97. The maximum Gasteiger partial charge on any atom is 0.128 e. The lowest BCUT2D eigenvalue weighted by Gasteiger charge is -2.41. The molecule has 2 nitrogen and oxygen atoms in total. The van der Waals surface area contributed by atoms with Gasteiger partial charge in [0, 0.05) is 41.8 Å². The lowest BCUT2D eigenvalue weighted by Crippen LogP contribution is -2.56. The van der Waals surface area contributed by atoms with Crippen molar-refractivity contribution in [1.82, 2.24) is 10.2 Å². The van der Waals surface area contributed by atoms with Gasteiger partial charge in [-0.1, -0.05) is 42.8 Å². The molecule has 0 saturated carbocycles. The van der Waals surface area contributed by atoms with E-state index in [9.17, 15) is 4.39 Å². The molecule has 1 aromatic carbocycles. The van der Waals surface area contributed by atoms with E-state index in [0.717, 1.165) is 36.0 Å². The van der Waals surface area contributed by atoms with Crippen LogP contribution in [0.1, 0.15) is 39.2 Å². The number of rotatable bonds is 5. The molecule has 21 heavy (non-hydrogen) atoms. The fraction of sp³-hybridized carbons (Fsp3) is 0.647. The predicted octanol–water partition coefficient (Wildman–Crippen LogP) is 4.19. The fourth-order valence-electron chi connectivity index (χ4n) is 3.04. The SMILES string of the molecule is CCC1CN(Cc2ccc(Br)cc2F)C(CC(C)C)CN1. The van der Waals surface area contributed by atoms with E-state index in [1.807, 2.05) is 12.1 Å². The molecule has 0 bridgehead atoms. The Bertz CT molecular complexity index is 464. The maximum atomic E-state index is 14.1. The summed E-state index contributed by atoms with van der Waals surface area (Å²) < 4.78 is 14.9. The Labute approximate surface area is 136 Å². The van der Waals surface area contributed by atoms with Gasteiger partial charge in [-0.25, -0.2) is 4.39 Å². The normalized spacial score (nSPS) is 23.7. The van der Waals surface area contributed by atoms with Crippen molar-refractivity contribution in [1.29, 1.82) is 0 Å². The number of piperazine rings is 1. The first kappa shape index (κ1) is 16.9. The Morgan fingerprint density at radius 1 is 1.43 bits per heavy atom. The van der Waals surface area contributed by atoms with Gasteiger partial charge in [0.1, 0.15) is 5.82 Å². The summed E-state index contributed by atoms with van der Waals surface area (Å²) in [5.74, 6) is 0.548. The van der Waals surface area contributed by atoms with Crippen LogP contribution in [-0.2, 0) is 6.54 Å². The van der Waals surface area contributed by atoms with Gasteiger partial charge in [-0.2, -0.15) is 0 Å². The quantitative estimate of drug-likeness (QED) is 0.850. The van der Waals surface area contributed by atoms with Crippen molar-refractivity contribution in [2.75, 3.05) is 13.1 Å². The van der Waals surface area contributed by atoms with Crippen molar-refractivity contribution in [2.24, 2.45) is 5.92 Å². The van der Waals surface area contributed by atoms with Crippen LogP contribution in [0.2, 0.25) is 0 Å². The summed E-state index contributed by atoms with van der Waals surface area (Å²) in [6, 6.07) is 6.40. The van der Waals surface area contributed by atoms with E-state index in [2.05, 4.69) is 46.9 Å². The summed E-state index contributed by atoms with van der Waals surface area (Å²) >= 11 is 3.32. The number of nitrogens with zero attached hydrogens (tertiary/aromatic N) is 1. The van der Waals surface area contributed by atoms with E-state index >= 15 is 0 Å². The molecule has 4 heteroatoms. The summed E-state index contributed by atoms with van der Waals surface area (Å²) in [4.78, 5) is 2.46. The average Bonchev–Trinajstić information content (AvgIpc) is 2.43. The van der Waals surface area contributed by atoms with E-state index < -0.39 is 0 Å². The molecule has 2 atom stereocenters. The zero-order chi connectivity index (χ0) is 15.4. The molecule has 1 saturated heterocycles. The van der Waals surface area contributed by atoms with Gasteiger partial charge in [0.25, 0.3) is 0 Å². The van der Waals surface area contributed by atoms with Crippen molar-refractivity contribution in [3.63, 3.8) is 0 Å². The average molecular weight is 357 g/mol. The van der Waals surface area contributed by atoms with Crippen molar-refractivity contribution in [2.45, 2.75) is 52.2 Å². The largest absolute Gasteiger partial charge is 0.311 e. The van der Waals surface area contributed by atoms with Crippen LogP contribution >= 0.6 is 15.9 Å². The predicted molar refractivity (Wildman–Crippen MR) is 89.8 cm³/mol. The summed E-state index contributed by atoms with van der Waals surface area (Å²) in [5.41, 5.74) is 0.795. The molecule has 1 fully saturated rings. The van der Waals surface area contributed by atoms with E-state index in [1.54, 1.807) is 6.07 Å². The number of hydrogen-bond donors (Lipinski definition) is 1. The second-order valence-corrected chi connectivity index (χ2v) is 7.38. The van der Waals surface area contributed by atoms with Crippen molar-refractivity contribution in [3.8, 4) is 0 Å². The molecule has 0 aliphatic carbocycles. The van der Waals surface area contributed by atoms with Crippen LogP contribution in [0.15, 0.2) is 22.7 Å². The van der Waals surface area contributed by atoms with E-state index in [1.165, 1.54) is 0 Å². The molecule has 0 radical (unpaired) electrons. The Morgan fingerprint density at radius 2 is 2.19 bits per heavy atom. The minimum absolute atomic E-state index is 0.112. The first-order valence-corrected chi connectivity index (χ1v) is 8.70. The number of benzene rings is 1. The van der Waals surface area contributed by atoms with Crippen LogP contribution in [0, 0.1) is 11.7 Å². The minimum Gasteiger partial charge on any atom is -0.311 e. The van der Waals surface area contributed by atoms with Crippen LogP contribution < -0.4 is 5.32 Å². The number of nitrogens with one attached hydrogen (secondary N) is 1. The number of halogens is 2. The van der Waals surface area contributed by atoms with E-state index in [4.69, 9.17) is 0 Å². The summed E-state index contributed by atoms with van der Waals surface area (Å²) in [7, 11) is 0. The van der Waals surface area contributed by atoms with Crippen LogP contribution in [-0.4, -0.2) is 30.1 Å². The Kier molecular flexibility index (Phi) is 6.20. The molecule has 0 spiro atoms. The summed E-state index contributed by atoms with van der Waals surface area (Å²) in [6.45, 7) is 9.43. The zero-order valence-electron chi connectivity index (χ0n) is 13.2. The highest BCUT2D eigenvalue weighted by Crippen LogP contribution is 2.22. The van der Waals surface area contributed by atoms with Crippen LogP contribution in [0.5, 0.6) is 0 Å². The molecular formula is C17H26BrFN2. The highest BCUT2D eigenvalue weighted by Gasteiger charge is 2.28. The van der Waals surface area contributed by atoms with Gasteiger partial charge in [0.05, 0.1) is 0 Å². The second kappa shape index (κ2) is 7.70. The van der Waals surface area contributed by atoms with Crippen LogP contribution in [0.4, 0.5) is 4.39 Å². The third-order valence-corrected chi connectivity index (χ3v) is 4.73. The van der Waals surface area contributed by atoms with Crippen molar-refractivity contribution >= 4 is 15.9 Å². The molecule has 1 aliphatic rings. The lowest BCUT2D eigenvalue weighted by molar-refractivity contribution is 0.104. The zero-order valence-corrected chi connectivity index (χ0v) is 14.8. The van der Waals surface area contributed by atoms with Crippen molar-refractivity contribution in [3.05, 3.63) is 34.1 Å². The molecule has 1 aliphatic heterocycles. The molecule has 1 N–H and O–H groups in total. The fourth-order valence-corrected chi connectivity index (χ4v) is 3.37. The molecule has 0 amide bonds. The van der Waals surface area contributed by atoms with E-state index in [0.29, 0.717) is 24.5 Å². The van der Waals surface area contributed by atoms with Gasteiger partial charge >= 0.3 is 0 Å². The molecule has 2 unspecified atom stereocenters. The van der Waals surface area contributed by atoms with E-state index in [-0.39, 0.29) is 5.82 Å². The smallest absolute Gasteiger partial charge is 0.128 e. The molecule has 118 valence electrons. The van der Waals surface area contributed by atoms with Gasteiger partial charge in [-0.15, -0.1) is 0 Å². The second-order valence-electron chi connectivity index (χ2n) is 6.46. The summed E-state index contributed by atoms with van der Waals surface area (Å²) in [5, 5.41) is 3.62. The first-order valence-electron chi connectivity index (χ1n) is 7.91. The topological polar surface area (TPSA) is 15.3 Å². The van der Waals surface area contributed by atoms with Gasteiger partial charge in [0.15, 0.2) is 0 Å². The maximum absolute atomic E-state index is 14.1. The Balaban J connectivity index is 2.11. The third kappa shape index (κ3) is 4.76. The molecular weight excluding hydrogens is 331 g/mol. The van der Waals surface area contributed by atoms with Crippen molar-refractivity contribution < 1.29 is 4.39 Å². The highest BCUT2D eigenvalue weighted by atomic mass is 79.9. The number of hydrogen-bond acceptors (Lipinski definition) is 2. The van der Waals surface area contributed by atoms with Gasteiger partial charge < -0.3 is 5.32 Å². The van der Waals surface area contributed by atoms with Gasteiger partial charge in [-0.3, -0.25) is 4.90 Å². The van der Waals surface area contributed by atoms with Crippen LogP contribution in [0.25, 0.3) is 0 Å². The van der Waals surface area contributed by atoms with Gasteiger partial charge in [-0.05, 0) is 30.9 Å². The molecule has 1 heterocycles. The summed E-state index contributed by atoms with van der Waals surface area (Å²) in [6.07, 6.45) is 2.27. The van der Waals surface area contributed by atoms with Crippen LogP contribution in [0.3, 0.4) is 0 Å². The minimum atomic E-state index is -0.112. The van der Waals surface area contributed by atoms with Gasteiger partial charge in [0.2, 0.25) is 0 Å². The Morgan fingerprint density at radius 3 is 2.81 bits per heavy atom. The standard InChI is InChI=1S/C17H26BrFN2/c1-4-15-11-21(16(9-20-15)7-12(2)3)10-13-5-6-14(18)8-17(13)19/h5-6,8,12,15-16,20H,4,7,9-11H2,1-3H3. The molecule has 0 aromatic heterocycles. The first-order chi connectivity index (χ1) is 9.99. The Hall–Kier alpha value is -0.450.